The van der Waals surface area contributed by atoms with E-state index in [1.807, 2.05) is 24.0 Å². The molecule has 0 aromatic carbocycles. The quantitative estimate of drug-likeness (QED) is 0.828. The Morgan fingerprint density at radius 1 is 1.33 bits per heavy atom. The lowest BCUT2D eigenvalue weighted by Crippen LogP contribution is -2.40. The Morgan fingerprint density at radius 2 is 1.88 bits per heavy atom. The van der Waals surface area contributed by atoms with Crippen molar-refractivity contribution in [1.29, 1.82) is 0 Å². The standard InChI is InChI=1S/C13H15F3N2O2.C2H4O2/c1-9-2-5-17-11(8-9)18-6-3-10(4-7-18)20-12(19)13(14,15)16;1-2(3)4/h2,5,8,10H,3-4,6-7H2,1H3;1H3,(H,3,4). The molecule has 0 unspecified atom stereocenters. The van der Waals surface area contributed by atoms with Crippen LogP contribution < -0.4 is 4.90 Å². The number of nitrogens with zero attached hydrogens (tertiary/aromatic N) is 2. The molecule has 1 aromatic heterocycles. The van der Waals surface area contributed by atoms with E-state index in [9.17, 15) is 18.0 Å². The van der Waals surface area contributed by atoms with Crippen LogP contribution in [0.15, 0.2) is 18.3 Å². The molecule has 2 heterocycles. The largest absolute Gasteiger partial charge is 0.490 e. The zero-order valence-corrected chi connectivity index (χ0v) is 13.3. The normalized spacial score (nSPS) is 15.3. The number of aryl methyl sites for hydroxylation is 1. The number of pyridine rings is 1. The molecule has 1 aliphatic rings. The Balaban J connectivity index is 0.000000648. The van der Waals surface area contributed by atoms with Crippen LogP contribution in [0, 0.1) is 6.92 Å². The van der Waals surface area contributed by atoms with E-state index in [4.69, 9.17) is 9.90 Å². The third kappa shape index (κ3) is 6.84. The molecular weight excluding hydrogens is 329 g/mol. The Bertz CT molecular complexity index is 566. The summed E-state index contributed by atoms with van der Waals surface area (Å²) < 4.78 is 40.7. The molecule has 6 nitrogen and oxygen atoms in total. The number of carbonyl (C=O) groups is 2. The lowest BCUT2D eigenvalue weighted by Gasteiger charge is -2.32. The van der Waals surface area contributed by atoms with Gasteiger partial charge in [0.25, 0.3) is 5.97 Å². The van der Waals surface area contributed by atoms with Gasteiger partial charge in [-0.15, -0.1) is 0 Å². The summed E-state index contributed by atoms with van der Waals surface area (Å²) in [7, 11) is 0. The molecule has 134 valence electrons. The number of anilines is 1. The average Bonchev–Trinajstić information content (AvgIpc) is 2.46. The van der Waals surface area contributed by atoms with E-state index < -0.39 is 24.2 Å². The molecule has 0 saturated carbocycles. The van der Waals surface area contributed by atoms with Crippen molar-refractivity contribution >= 4 is 17.8 Å². The molecule has 0 radical (unpaired) electrons. The molecule has 1 saturated heterocycles. The van der Waals surface area contributed by atoms with Crippen molar-refractivity contribution in [3.8, 4) is 0 Å². The van der Waals surface area contributed by atoms with Crippen LogP contribution >= 0.6 is 0 Å². The lowest BCUT2D eigenvalue weighted by atomic mass is 10.1. The van der Waals surface area contributed by atoms with Crippen molar-refractivity contribution in [3.05, 3.63) is 23.9 Å². The van der Waals surface area contributed by atoms with E-state index in [0.717, 1.165) is 18.3 Å². The van der Waals surface area contributed by atoms with Gasteiger partial charge in [0.15, 0.2) is 0 Å². The number of rotatable bonds is 2. The molecule has 0 atom stereocenters. The Morgan fingerprint density at radius 3 is 2.33 bits per heavy atom. The van der Waals surface area contributed by atoms with E-state index in [-0.39, 0.29) is 0 Å². The Kier molecular flexibility index (Phi) is 6.99. The second-order valence-corrected chi connectivity index (χ2v) is 5.30. The molecule has 9 heteroatoms. The third-order valence-electron chi connectivity index (χ3n) is 3.17. The first-order valence-corrected chi connectivity index (χ1v) is 7.24. The van der Waals surface area contributed by atoms with Crippen LogP contribution in [0.25, 0.3) is 0 Å². The van der Waals surface area contributed by atoms with Gasteiger partial charge in [0.2, 0.25) is 0 Å². The van der Waals surface area contributed by atoms with Crippen LogP contribution in [-0.2, 0) is 14.3 Å². The molecule has 2 rings (SSSR count). The van der Waals surface area contributed by atoms with Crippen LogP contribution in [0.2, 0.25) is 0 Å². The summed E-state index contributed by atoms with van der Waals surface area (Å²) in [5.74, 6) is -2.14. The second kappa shape index (κ2) is 8.51. The zero-order valence-electron chi connectivity index (χ0n) is 13.3. The SMILES string of the molecule is CC(=O)O.Cc1ccnc(N2CCC(OC(=O)C(F)(F)F)CC2)c1. The summed E-state index contributed by atoms with van der Waals surface area (Å²) in [5.41, 5.74) is 1.07. The van der Waals surface area contributed by atoms with Crippen LogP contribution in [0.5, 0.6) is 0 Å². The summed E-state index contributed by atoms with van der Waals surface area (Å²) in [6.07, 6.45) is -3.16. The number of piperidine rings is 1. The van der Waals surface area contributed by atoms with Crippen LogP contribution in [0.1, 0.15) is 25.3 Å². The number of alkyl halides is 3. The minimum absolute atomic E-state index is 0.372. The van der Waals surface area contributed by atoms with Gasteiger partial charge in [-0.2, -0.15) is 13.2 Å². The Labute approximate surface area is 137 Å². The van der Waals surface area contributed by atoms with Gasteiger partial charge in [-0.25, -0.2) is 9.78 Å². The molecule has 0 amide bonds. The monoisotopic (exact) mass is 348 g/mol. The number of esters is 1. The average molecular weight is 348 g/mol. The maximum Gasteiger partial charge on any atom is 0.490 e. The van der Waals surface area contributed by atoms with E-state index in [0.29, 0.717) is 25.9 Å². The number of ether oxygens (including phenoxy) is 1. The van der Waals surface area contributed by atoms with Gasteiger partial charge in [0, 0.05) is 39.1 Å². The topological polar surface area (TPSA) is 79.7 Å². The first-order valence-electron chi connectivity index (χ1n) is 7.24. The number of carbonyl (C=O) groups excluding carboxylic acids is 1. The van der Waals surface area contributed by atoms with Crippen molar-refractivity contribution in [2.75, 3.05) is 18.0 Å². The van der Waals surface area contributed by atoms with E-state index >= 15 is 0 Å². The lowest BCUT2D eigenvalue weighted by molar-refractivity contribution is -0.205. The van der Waals surface area contributed by atoms with E-state index in [1.54, 1.807) is 6.20 Å². The summed E-state index contributed by atoms with van der Waals surface area (Å²) in [6.45, 7) is 4.07. The highest BCUT2D eigenvalue weighted by atomic mass is 19.4. The predicted octanol–water partition coefficient (Wildman–Crippen LogP) is 2.56. The maximum atomic E-state index is 12.1. The minimum atomic E-state index is -4.92. The van der Waals surface area contributed by atoms with Gasteiger partial charge in [-0.05, 0) is 24.6 Å². The predicted molar refractivity (Wildman–Crippen MR) is 79.7 cm³/mol. The van der Waals surface area contributed by atoms with Gasteiger partial charge < -0.3 is 14.7 Å². The van der Waals surface area contributed by atoms with Crippen molar-refractivity contribution in [2.45, 2.75) is 39.0 Å². The van der Waals surface area contributed by atoms with E-state index in [1.165, 1.54) is 0 Å². The summed E-state index contributed by atoms with van der Waals surface area (Å²) in [4.78, 5) is 26.0. The highest BCUT2D eigenvalue weighted by molar-refractivity contribution is 5.75. The highest BCUT2D eigenvalue weighted by Gasteiger charge is 2.42. The van der Waals surface area contributed by atoms with Gasteiger partial charge in [-0.1, -0.05) is 0 Å². The number of carboxylic acids is 1. The zero-order chi connectivity index (χ0) is 18.3. The fraction of sp³-hybridized carbons (Fsp3) is 0.533. The fourth-order valence-electron chi connectivity index (χ4n) is 2.11. The smallest absolute Gasteiger partial charge is 0.481 e. The van der Waals surface area contributed by atoms with Crippen molar-refractivity contribution < 1.29 is 32.6 Å². The molecule has 24 heavy (non-hydrogen) atoms. The second-order valence-electron chi connectivity index (χ2n) is 5.30. The van der Waals surface area contributed by atoms with Crippen molar-refractivity contribution in [3.63, 3.8) is 0 Å². The number of aromatic nitrogens is 1. The number of halogens is 3. The number of hydrogen-bond acceptors (Lipinski definition) is 5. The maximum absolute atomic E-state index is 12.1. The summed E-state index contributed by atoms with van der Waals surface area (Å²) in [6, 6.07) is 3.80. The molecule has 1 fully saturated rings. The fourth-order valence-corrected chi connectivity index (χ4v) is 2.11. The summed E-state index contributed by atoms with van der Waals surface area (Å²) >= 11 is 0. The van der Waals surface area contributed by atoms with Gasteiger partial charge in [0.1, 0.15) is 11.9 Å². The number of aliphatic carboxylic acids is 1. The van der Waals surface area contributed by atoms with Crippen molar-refractivity contribution in [2.24, 2.45) is 0 Å². The minimum Gasteiger partial charge on any atom is -0.481 e. The Hall–Kier alpha value is -2.32. The van der Waals surface area contributed by atoms with Crippen LogP contribution in [0.3, 0.4) is 0 Å². The first kappa shape index (κ1) is 19.7. The molecule has 0 spiro atoms. The molecule has 1 aliphatic heterocycles. The van der Waals surface area contributed by atoms with Gasteiger partial charge >= 0.3 is 12.1 Å². The molecule has 1 N–H and O–H groups in total. The van der Waals surface area contributed by atoms with Crippen LogP contribution in [0.4, 0.5) is 19.0 Å². The van der Waals surface area contributed by atoms with Crippen molar-refractivity contribution in [1.82, 2.24) is 4.98 Å². The van der Waals surface area contributed by atoms with Gasteiger partial charge in [0.05, 0.1) is 0 Å². The van der Waals surface area contributed by atoms with E-state index in [2.05, 4.69) is 9.72 Å². The van der Waals surface area contributed by atoms with Crippen LogP contribution in [-0.4, -0.2) is 47.4 Å². The molecule has 0 aliphatic carbocycles. The molecular formula is C15H19F3N2O4. The summed E-state index contributed by atoms with van der Waals surface area (Å²) in [5, 5.41) is 7.42. The molecule has 1 aromatic rings. The molecule has 0 bridgehead atoms. The third-order valence-corrected chi connectivity index (χ3v) is 3.17. The first-order chi connectivity index (χ1) is 11.1. The number of carboxylic acid groups (broad SMARTS) is 1. The highest BCUT2D eigenvalue weighted by Crippen LogP contribution is 2.23. The number of hydrogen-bond donors (Lipinski definition) is 1. The van der Waals surface area contributed by atoms with Gasteiger partial charge in [-0.3, -0.25) is 4.79 Å².